The maximum Gasteiger partial charge on any atom is 0.191 e. The van der Waals surface area contributed by atoms with Gasteiger partial charge in [0.1, 0.15) is 12.2 Å². The van der Waals surface area contributed by atoms with Crippen molar-refractivity contribution >= 4 is 17.3 Å². The van der Waals surface area contributed by atoms with E-state index in [1.165, 1.54) is 4.88 Å². The Bertz CT molecular complexity index is 530. The van der Waals surface area contributed by atoms with Crippen molar-refractivity contribution in [2.45, 2.75) is 19.5 Å². The Morgan fingerprint density at radius 1 is 1.58 bits per heavy atom. The summed E-state index contributed by atoms with van der Waals surface area (Å²) in [5.74, 6) is 1.62. The molecule has 0 spiro atoms. The summed E-state index contributed by atoms with van der Waals surface area (Å²) in [7, 11) is 3.63. The van der Waals surface area contributed by atoms with E-state index in [0.29, 0.717) is 6.54 Å². The molecule has 19 heavy (non-hydrogen) atoms. The fraction of sp³-hybridized carbons (Fsp3) is 0.417. The molecule has 1 unspecified atom stereocenters. The van der Waals surface area contributed by atoms with Crippen molar-refractivity contribution in [3.8, 4) is 0 Å². The molecule has 1 atom stereocenters. The minimum atomic E-state index is 0.227. The molecule has 0 amide bonds. The molecule has 0 bridgehead atoms. The number of rotatable bonds is 4. The Kier molecular flexibility index (Phi) is 4.51. The van der Waals surface area contributed by atoms with Gasteiger partial charge in [0.25, 0.3) is 0 Å². The fourth-order valence-electron chi connectivity index (χ4n) is 1.65. The Labute approximate surface area is 116 Å². The van der Waals surface area contributed by atoms with Crippen LogP contribution in [-0.2, 0) is 13.6 Å². The van der Waals surface area contributed by atoms with Crippen LogP contribution in [0.1, 0.15) is 23.7 Å². The molecule has 7 heteroatoms. The molecule has 0 aliphatic rings. The predicted octanol–water partition coefficient (Wildman–Crippen LogP) is 1.30. The molecule has 2 N–H and O–H groups in total. The van der Waals surface area contributed by atoms with Crippen LogP contribution in [0.2, 0.25) is 0 Å². The van der Waals surface area contributed by atoms with E-state index in [4.69, 9.17) is 0 Å². The molecule has 0 saturated carbocycles. The smallest absolute Gasteiger partial charge is 0.191 e. The molecule has 0 aromatic carbocycles. The van der Waals surface area contributed by atoms with Crippen molar-refractivity contribution in [3.63, 3.8) is 0 Å². The number of hydrogen-bond donors (Lipinski definition) is 2. The summed E-state index contributed by atoms with van der Waals surface area (Å²) in [6.07, 6.45) is 1.54. The predicted molar refractivity (Wildman–Crippen MR) is 77.1 cm³/mol. The first-order valence-electron chi connectivity index (χ1n) is 6.04. The van der Waals surface area contributed by atoms with Gasteiger partial charge in [-0.25, -0.2) is 4.98 Å². The van der Waals surface area contributed by atoms with E-state index in [9.17, 15) is 0 Å². The van der Waals surface area contributed by atoms with Gasteiger partial charge in [-0.15, -0.1) is 11.3 Å². The summed E-state index contributed by atoms with van der Waals surface area (Å²) >= 11 is 1.73. The molecule has 0 radical (unpaired) electrons. The molecular weight excluding hydrogens is 260 g/mol. The first kappa shape index (κ1) is 13.5. The zero-order chi connectivity index (χ0) is 13.7. The lowest BCUT2D eigenvalue weighted by atomic mass is 10.3. The van der Waals surface area contributed by atoms with Gasteiger partial charge in [-0.05, 0) is 18.4 Å². The van der Waals surface area contributed by atoms with Crippen molar-refractivity contribution in [2.75, 3.05) is 7.05 Å². The van der Waals surface area contributed by atoms with Gasteiger partial charge in [0, 0.05) is 19.0 Å². The average molecular weight is 278 g/mol. The van der Waals surface area contributed by atoms with Gasteiger partial charge in [-0.3, -0.25) is 9.67 Å². The first-order valence-corrected chi connectivity index (χ1v) is 6.92. The minimum absolute atomic E-state index is 0.227. The largest absolute Gasteiger partial charge is 0.349 e. The molecule has 6 nitrogen and oxygen atoms in total. The van der Waals surface area contributed by atoms with Crippen LogP contribution in [-0.4, -0.2) is 27.8 Å². The quantitative estimate of drug-likeness (QED) is 0.653. The molecule has 2 aromatic heterocycles. The number of aromatic nitrogens is 3. The second-order valence-corrected chi connectivity index (χ2v) is 5.09. The number of aryl methyl sites for hydroxylation is 1. The molecule has 102 valence electrons. The van der Waals surface area contributed by atoms with Gasteiger partial charge in [-0.1, -0.05) is 6.07 Å². The first-order chi connectivity index (χ1) is 9.20. The van der Waals surface area contributed by atoms with Gasteiger partial charge in [0.15, 0.2) is 5.96 Å². The Balaban J connectivity index is 1.89. The average Bonchev–Trinajstić information content (AvgIpc) is 3.05. The molecule has 2 aromatic rings. The van der Waals surface area contributed by atoms with Crippen LogP contribution in [0.4, 0.5) is 0 Å². The number of guanidine groups is 1. The van der Waals surface area contributed by atoms with Gasteiger partial charge in [-0.2, -0.15) is 5.10 Å². The van der Waals surface area contributed by atoms with Gasteiger partial charge < -0.3 is 10.6 Å². The highest BCUT2D eigenvalue weighted by atomic mass is 32.1. The van der Waals surface area contributed by atoms with Crippen molar-refractivity contribution in [1.29, 1.82) is 0 Å². The van der Waals surface area contributed by atoms with Gasteiger partial charge in [0.2, 0.25) is 0 Å². The van der Waals surface area contributed by atoms with Crippen LogP contribution in [0.15, 0.2) is 28.8 Å². The van der Waals surface area contributed by atoms with Gasteiger partial charge in [0.05, 0.1) is 12.6 Å². The normalized spacial score (nSPS) is 13.3. The van der Waals surface area contributed by atoms with Crippen molar-refractivity contribution < 1.29 is 0 Å². The van der Waals surface area contributed by atoms with Crippen LogP contribution < -0.4 is 10.6 Å². The van der Waals surface area contributed by atoms with Crippen LogP contribution in [0, 0.1) is 0 Å². The van der Waals surface area contributed by atoms with Crippen LogP contribution in [0.5, 0.6) is 0 Å². The molecule has 0 aliphatic carbocycles. The lowest BCUT2D eigenvalue weighted by molar-refractivity contribution is 0.655. The third-order valence-corrected chi connectivity index (χ3v) is 3.82. The summed E-state index contributed by atoms with van der Waals surface area (Å²) in [4.78, 5) is 9.65. The highest BCUT2D eigenvalue weighted by molar-refractivity contribution is 7.10. The third kappa shape index (κ3) is 3.54. The number of nitrogens with zero attached hydrogens (tertiary/aromatic N) is 4. The number of aliphatic imine (C=N–C) groups is 1. The van der Waals surface area contributed by atoms with E-state index in [2.05, 4.69) is 44.1 Å². The Morgan fingerprint density at radius 3 is 3.00 bits per heavy atom. The summed E-state index contributed by atoms with van der Waals surface area (Å²) < 4.78 is 1.74. The maximum atomic E-state index is 4.21. The standard InChI is InChI=1S/C12H18N6S/c1-9(10-5-4-6-19-10)17-12(13-2)14-7-11-15-8-16-18(11)3/h4-6,8-9H,7H2,1-3H3,(H2,13,14,17). The summed E-state index contributed by atoms with van der Waals surface area (Å²) in [6.45, 7) is 2.70. The van der Waals surface area contributed by atoms with Crippen LogP contribution in [0.3, 0.4) is 0 Å². The minimum Gasteiger partial charge on any atom is -0.349 e. The molecule has 2 rings (SSSR count). The van der Waals surface area contributed by atoms with Crippen LogP contribution >= 0.6 is 11.3 Å². The summed E-state index contributed by atoms with van der Waals surface area (Å²) in [5, 5.41) is 12.7. The van der Waals surface area contributed by atoms with E-state index < -0.39 is 0 Å². The topological polar surface area (TPSA) is 67.1 Å². The van der Waals surface area contributed by atoms with Gasteiger partial charge >= 0.3 is 0 Å². The lowest BCUT2D eigenvalue weighted by Gasteiger charge is -2.16. The van der Waals surface area contributed by atoms with E-state index in [0.717, 1.165) is 11.8 Å². The van der Waals surface area contributed by atoms with Crippen molar-refractivity contribution in [1.82, 2.24) is 25.4 Å². The molecule has 0 saturated heterocycles. The van der Waals surface area contributed by atoms with Crippen molar-refractivity contribution in [2.24, 2.45) is 12.0 Å². The molecule has 0 aliphatic heterocycles. The van der Waals surface area contributed by atoms with Crippen LogP contribution in [0.25, 0.3) is 0 Å². The number of hydrogen-bond acceptors (Lipinski definition) is 4. The third-order valence-electron chi connectivity index (χ3n) is 2.77. The monoisotopic (exact) mass is 278 g/mol. The second-order valence-electron chi connectivity index (χ2n) is 4.11. The zero-order valence-corrected chi connectivity index (χ0v) is 12.1. The van der Waals surface area contributed by atoms with E-state index in [-0.39, 0.29) is 6.04 Å². The zero-order valence-electron chi connectivity index (χ0n) is 11.3. The van der Waals surface area contributed by atoms with E-state index in [1.807, 2.05) is 13.1 Å². The summed E-state index contributed by atoms with van der Waals surface area (Å²) in [6, 6.07) is 4.39. The van der Waals surface area contributed by atoms with Crippen molar-refractivity contribution in [3.05, 3.63) is 34.5 Å². The highest BCUT2D eigenvalue weighted by Crippen LogP contribution is 2.17. The fourth-order valence-corrected chi connectivity index (χ4v) is 2.39. The number of thiophene rings is 1. The Hall–Kier alpha value is -1.89. The van der Waals surface area contributed by atoms with E-state index in [1.54, 1.807) is 29.4 Å². The second kappa shape index (κ2) is 6.33. The highest BCUT2D eigenvalue weighted by Gasteiger charge is 2.09. The SMILES string of the molecule is CN=C(NCc1ncnn1C)NC(C)c1cccs1. The maximum absolute atomic E-state index is 4.21. The Morgan fingerprint density at radius 2 is 2.42 bits per heavy atom. The lowest BCUT2D eigenvalue weighted by Crippen LogP contribution is -2.38. The molecule has 0 fully saturated rings. The molecule has 2 heterocycles. The molecular formula is C12H18N6S. The number of nitrogens with one attached hydrogen (secondary N) is 2. The summed E-state index contributed by atoms with van der Waals surface area (Å²) in [5.41, 5.74) is 0. The van der Waals surface area contributed by atoms with E-state index >= 15 is 0 Å².